The summed E-state index contributed by atoms with van der Waals surface area (Å²) >= 11 is 0. The minimum Gasteiger partial charge on any atom is -0.302 e. The van der Waals surface area contributed by atoms with Gasteiger partial charge in [-0.3, -0.25) is 9.36 Å². The highest BCUT2D eigenvalue weighted by molar-refractivity contribution is 7.89. The Morgan fingerprint density at radius 3 is 2.42 bits per heavy atom. The molecule has 3 rings (SSSR count). The monoisotopic (exact) mass is 355 g/mol. The van der Waals surface area contributed by atoms with Crippen molar-refractivity contribution in [1.29, 1.82) is 0 Å². The Kier molecular flexibility index (Phi) is 4.70. The molecule has 0 aromatic carbocycles. The van der Waals surface area contributed by atoms with E-state index in [4.69, 9.17) is 0 Å². The van der Waals surface area contributed by atoms with Gasteiger partial charge in [0.15, 0.2) is 4.90 Å². The molecule has 2 saturated carbocycles. The van der Waals surface area contributed by atoms with Crippen LogP contribution in [0.3, 0.4) is 0 Å². The average molecular weight is 355 g/mol. The third-order valence-electron chi connectivity index (χ3n) is 5.57. The van der Waals surface area contributed by atoms with Crippen molar-refractivity contribution < 1.29 is 8.42 Å². The maximum Gasteiger partial charge on any atom is 0.330 e. The Morgan fingerprint density at radius 2 is 1.71 bits per heavy atom. The van der Waals surface area contributed by atoms with E-state index in [1.54, 1.807) is 0 Å². The Balaban J connectivity index is 1.82. The Bertz CT molecular complexity index is 840. The first-order valence-electron chi connectivity index (χ1n) is 8.58. The van der Waals surface area contributed by atoms with Crippen molar-refractivity contribution in [2.75, 3.05) is 0 Å². The van der Waals surface area contributed by atoms with E-state index in [0.717, 1.165) is 40.5 Å². The van der Waals surface area contributed by atoms with Gasteiger partial charge >= 0.3 is 5.69 Å². The number of rotatable bonds is 3. The van der Waals surface area contributed by atoms with Crippen LogP contribution in [-0.2, 0) is 24.1 Å². The van der Waals surface area contributed by atoms with Crippen molar-refractivity contribution in [2.24, 2.45) is 25.9 Å². The van der Waals surface area contributed by atoms with Gasteiger partial charge in [0.25, 0.3) is 5.56 Å². The fourth-order valence-corrected chi connectivity index (χ4v) is 5.67. The molecule has 1 aromatic heterocycles. The minimum absolute atomic E-state index is 0.128. The molecule has 0 unspecified atom stereocenters. The minimum atomic E-state index is -3.93. The molecule has 0 radical (unpaired) electrons. The molecule has 0 saturated heterocycles. The number of hydrogen-bond acceptors (Lipinski definition) is 4. The molecule has 134 valence electrons. The quantitative estimate of drug-likeness (QED) is 0.865. The van der Waals surface area contributed by atoms with Crippen LogP contribution in [0.25, 0.3) is 0 Å². The van der Waals surface area contributed by atoms with Crippen LogP contribution >= 0.6 is 0 Å². The zero-order valence-corrected chi connectivity index (χ0v) is 15.0. The number of nitrogens with one attached hydrogen (secondary N) is 1. The summed E-state index contributed by atoms with van der Waals surface area (Å²) in [6.07, 6.45) is 8.74. The van der Waals surface area contributed by atoms with Crippen LogP contribution < -0.4 is 16.0 Å². The molecular weight excluding hydrogens is 330 g/mol. The van der Waals surface area contributed by atoms with Gasteiger partial charge in [0.05, 0.1) is 0 Å². The fourth-order valence-electron chi connectivity index (χ4n) is 4.22. The van der Waals surface area contributed by atoms with Crippen LogP contribution in [0.2, 0.25) is 0 Å². The van der Waals surface area contributed by atoms with Gasteiger partial charge in [-0.1, -0.05) is 25.7 Å². The van der Waals surface area contributed by atoms with Crippen molar-refractivity contribution in [2.45, 2.75) is 55.9 Å². The lowest BCUT2D eigenvalue weighted by molar-refractivity contribution is 0.152. The number of aromatic nitrogens is 2. The van der Waals surface area contributed by atoms with Gasteiger partial charge in [-0.15, -0.1) is 0 Å². The number of sulfonamides is 1. The van der Waals surface area contributed by atoms with Crippen LogP contribution in [0.15, 0.2) is 20.7 Å². The van der Waals surface area contributed by atoms with Crippen LogP contribution in [-0.4, -0.2) is 23.6 Å². The maximum atomic E-state index is 12.7. The van der Waals surface area contributed by atoms with Gasteiger partial charge in [0.1, 0.15) is 0 Å². The zero-order valence-electron chi connectivity index (χ0n) is 14.2. The highest BCUT2D eigenvalue weighted by Gasteiger charge is 2.34. The summed E-state index contributed by atoms with van der Waals surface area (Å²) in [5.41, 5.74) is -1.32. The van der Waals surface area contributed by atoms with E-state index < -0.39 is 21.3 Å². The molecule has 1 heterocycles. The molecule has 24 heavy (non-hydrogen) atoms. The van der Waals surface area contributed by atoms with Crippen molar-refractivity contribution >= 4 is 10.0 Å². The van der Waals surface area contributed by atoms with Crippen LogP contribution in [0.1, 0.15) is 44.9 Å². The van der Waals surface area contributed by atoms with Gasteiger partial charge in [-0.25, -0.2) is 17.9 Å². The highest BCUT2D eigenvalue weighted by Crippen LogP contribution is 2.40. The normalized spacial score (nSPS) is 27.7. The number of hydrogen-bond donors (Lipinski definition) is 1. The molecule has 7 nitrogen and oxygen atoms in total. The van der Waals surface area contributed by atoms with E-state index in [0.29, 0.717) is 5.92 Å². The summed E-state index contributed by atoms with van der Waals surface area (Å²) < 4.78 is 30.0. The molecule has 0 amide bonds. The average Bonchev–Trinajstić information content (AvgIpc) is 2.55. The largest absolute Gasteiger partial charge is 0.330 e. The van der Waals surface area contributed by atoms with Gasteiger partial charge in [-0.05, 0) is 31.1 Å². The summed E-state index contributed by atoms with van der Waals surface area (Å²) in [6.45, 7) is 0. The summed E-state index contributed by atoms with van der Waals surface area (Å²) in [4.78, 5) is 23.6. The van der Waals surface area contributed by atoms with Gasteiger partial charge < -0.3 is 4.57 Å². The predicted molar refractivity (Wildman–Crippen MR) is 90.3 cm³/mol. The molecule has 0 bridgehead atoms. The van der Waals surface area contributed by atoms with E-state index in [2.05, 4.69) is 4.72 Å². The molecule has 1 N–H and O–H groups in total. The second kappa shape index (κ2) is 6.48. The van der Waals surface area contributed by atoms with Gasteiger partial charge in [0, 0.05) is 26.3 Å². The van der Waals surface area contributed by atoms with Gasteiger partial charge in [-0.2, -0.15) is 0 Å². The maximum absolute atomic E-state index is 12.7. The molecule has 1 aromatic rings. The first-order chi connectivity index (χ1) is 11.3. The number of aryl methyl sites for hydroxylation is 1. The van der Waals surface area contributed by atoms with E-state index >= 15 is 0 Å². The van der Waals surface area contributed by atoms with E-state index in [-0.39, 0.29) is 10.9 Å². The Labute approximate surface area is 141 Å². The lowest BCUT2D eigenvalue weighted by atomic mass is 9.70. The molecule has 8 heteroatoms. The lowest BCUT2D eigenvalue weighted by Gasteiger charge is -2.39. The summed E-state index contributed by atoms with van der Waals surface area (Å²) in [6, 6.07) is -0.128. The van der Waals surface area contributed by atoms with E-state index in [1.165, 1.54) is 39.8 Å². The number of fused-ring (bicyclic) bond motifs is 1. The van der Waals surface area contributed by atoms with Crippen molar-refractivity contribution in [3.8, 4) is 0 Å². The Morgan fingerprint density at radius 1 is 1.04 bits per heavy atom. The second-order valence-electron chi connectivity index (χ2n) is 7.19. The predicted octanol–water partition coefficient (Wildman–Crippen LogP) is 0.721. The third-order valence-corrected chi connectivity index (χ3v) is 7.07. The topological polar surface area (TPSA) is 90.2 Å². The summed E-state index contributed by atoms with van der Waals surface area (Å²) in [7, 11) is -1.21. The summed E-state index contributed by atoms with van der Waals surface area (Å²) in [5.74, 6) is 1.31. The lowest BCUT2D eigenvalue weighted by Crippen LogP contribution is -2.45. The second-order valence-corrected chi connectivity index (χ2v) is 8.87. The van der Waals surface area contributed by atoms with Crippen molar-refractivity contribution in [3.63, 3.8) is 0 Å². The smallest absolute Gasteiger partial charge is 0.302 e. The van der Waals surface area contributed by atoms with E-state index in [9.17, 15) is 18.0 Å². The van der Waals surface area contributed by atoms with Crippen LogP contribution in [0, 0.1) is 11.8 Å². The van der Waals surface area contributed by atoms with Crippen molar-refractivity contribution in [3.05, 3.63) is 27.0 Å². The zero-order chi connectivity index (χ0) is 17.5. The first kappa shape index (κ1) is 17.4. The molecular formula is C16H25N3O4S. The molecule has 2 aliphatic carbocycles. The standard InChI is InChI=1S/C16H25N3O4S/c1-18-10-14(15(20)19(2)16(18)21)24(22,23)17-13-8-7-11-5-3-4-6-12(11)9-13/h10-13,17H,3-9H2,1-2H3/t11-,12+,13+/m0/s1. The molecule has 3 atom stereocenters. The van der Waals surface area contributed by atoms with Crippen LogP contribution in [0.4, 0.5) is 0 Å². The van der Waals surface area contributed by atoms with Crippen molar-refractivity contribution in [1.82, 2.24) is 13.9 Å². The Hall–Kier alpha value is -1.41. The van der Waals surface area contributed by atoms with Crippen LogP contribution in [0.5, 0.6) is 0 Å². The molecule has 2 aliphatic rings. The highest BCUT2D eigenvalue weighted by atomic mass is 32.2. The molecule has 0 aliphatic heterocycles. The van der Waals surface area contributed by atoms with E-state index in [1.807, 2.05) is 0 Å². The first-order valence-corrected chi connectivity index (χ1v) is 10.1. The SMILES string of the molecule is Cn1cc(S(=O)(=O)N[C@@H]2CC[C@@H]3CCCC[C@@H]3C2)c(=O)n(C)c1=O. The fraction of sp³-hybridized carbons (Fsp3) is 0.750. The van der Waals surface area contributed by atoms with Gasteiger partial charge in [0.2, 0.25) is 10.0 Å². The molecule has 2 fully saturated rings. The molecule has 0 spiro atoms. The number of nitrogens with zero attached hydrogens (tertiary/aromatic N) is 2. The summed E-state index contributed by atoms with van der Waals surface area (Å²) in [5, 5.41) is 0. The third kappa shape index (κ3) is 3.21.